The summed E-state index contributed by atoms with van der Waals surface area (Å²) in [5, 5.41) is 3.14. The molecule has 1 aliphatic carbocycles. The highest BCUT2D eigenvalue weighted by Crippen LogP contribution is 2.30. The van der Waals surface area contributed by atoms with Crippen LogP contribution in [-0.2, 0) is 16.4 Å². The molecule has 0 radical (unpaired) electrons. The number of benzene rings is 2. The van der Waals surface area contributed by atoms with Crippen molar-refractivity contribution in [3.8, 4) is 0 Å². The van der Waals surface area contributed by atoms with Crippen LogP contribution in [0.4, 0.5) is 0 Å². The van der Waals surface area contributed by atoms with E-state index in [4.69, 9.17) is 0 Å². The van der Waals surface area contributed by atoms with Gasteiger partial charge in [-0.2, -0.15) is 4.31 Å². The van der Waals surface area contributed by atoms with Crippen molar-refractivity contribution >= 4 is 15.9 Å². The van der Waals surface area contributed by atoms with E-state index in [-0.39, 0.29) is 16.8 Å². The number of piperidine rings is 1. The Morgan fingerprint density at radius 3 is 2.59 bits per heavy atom. The van der Waals surface area contributed by atoms with E-state index in [2.05, 4.69) is 17.4 Å². The maximum absolute atomic E-state index is 13.1. The topological polar surface area (TPSA) is 66.5 Å². The fourth-order valence-electron chi connectivity index (χ4n) is 4.40. The number of hydrogen-bond acceptors (Lipinski definition) is 3. The van der Waals surface area contributed by atoms with Crippen LogP contribution in [0.1, 0.15) is 65.2 Å². The molecule has 2 aromatic carbocycles. The summed E-state index contributed by atoms with van der Waals surface area (Å²) in [6.45, 7) is 2.95. The summed E-state index contributed by atoms with van der Waals surface area (Å²) in [7, 11) is -3.56. The van der Waals surface area contributed by atoms with Crippen molar-refractivity contribution in [1.29, 1.82) is 0 Å². The summed E-state index contributed by atoms with van der Waals surface area (Å²) in [5.74, 6) is -0.208. The van der Waals surface area contributed by atoms with Gasteiger partial charge in [0.2, 0.25) is 10.0 Å². The van der Waals surface area contributed by atoms with Crippen molar-refractivity contribution in [3.63, 3.8) is 0 Å². The van der Waals surface area contributed by atoms with Gasteiger partial charge in [-0.05, 0) is 67.9 Å². The third-order valence-corrected chi connectivity index (χ3v) is 7.98. The zero-order valence-corrected chi connectivity index (χ0v) is 17.7. The zero-order chi connectivity index (χ0) is 20.4. The maximum Gasteiger partial charge on any atom is 0.252 e. The third kappa shape index (κ3) is 4.09. The summed E-state index contributed by atoms with van der Waals surface area (Å²) in [5.41, 5.74) is 3.67. The van der Waals surface area contributed by atoms with Gasteiger partial charge in [0.1, 0.15) is 0 Å². The molecule has 4 rings (SSSR count). The fraction of sp³-hybridized carbons (Fsp3) is 0.435. The molecular weight excluding hydrogens is 384 g/mol. The Labute approximate surface area is 173 Å². The molecule has 0 bridgehead atoms. The normalized spacial score (nSPS) is 20.1. The Hall–Kier alpha value is -2.18. The van der Waals surface area contributed by atoms with Gasteiger partial charge in [-0.25, -0.2) is 8.42 Å². The summed E-state index contributed by atoms with van der Waals surface area (Å²) in [6, 6.07) is 13.1. The average Bonchev–Trinajstić information content (AvgIpc) is 2.75. The summed E-state index contributed by atoms with van der Waals surface area (Å²) >= 11 is 0. The van der Waals surface area contributed by atoms with Gasteiger partial charge in [0.05, 0.1) is 10.9 Å². The monoisotopic (exact) mass is 412 g/mol. The van der Waals surface area contributed by atoms with Crippen LogP contribution in [0.5, 0.6) is 0 Å². The third-order valence-electron chi connectivity index (χ3n) is 6.08. The first-order valence-electron chi connectivity index (χ1n) is 10.5. The van der Waals surface area contributed by atoms with E-state index in [9.17, 15) is 13.2 Å². The quantitative estimate of drug-likeness (QED) is 0.826. The van der Waals surface area contributed by atoms with Crippen molar-refractivity contribution < 1.29 is 13.2 Å². The van der Waals surface area contributed by atoms with Crippen LogP contribution >= 0.6 is 0 Å². The van der Waals surface area contributed by atoms with Crippen LogP contribution in [-0.4, -0.2) is 31.7 Å². The number of fused-ring (bicyclic) bond motifs is 1. The van der Waals surface area contributed by atoms with Gasteiger partial charge in [-0.3, -0.25) is 4.79 Å². The van der Waals surface area contributed by atoms with E-state index in [0.717, 1.165) is 44.1 Å². The van der Waals surface area contributed by atoms with Crippen LogP contribution in [0, 0.1) is 6.92 Å². The van der Waals surface area contributed by atoms with Crippen molar-refractivity contribution in [3.05, 3.63) is 64.7 Å². The smallest absolute Gasteiger partial charge is 0.252 e. The van der Waals surface area contributed by atoms with Gasteiger partial charge >= 0.3 is 0 Å². The number of rotatable bonds is 4. The summed E-state index contributed by atoms with van der Waals surface area (Å²) < 4.78 is 27.6. The molecule has 1 saturated heterocycles. The van der Waals surface area contributed by atoms with E-state index in [1.165, 1.54) is 11.1 Å². The number of hydrogen-bond donors (Lipinski definition) is 1. The number of sulfonamides is 1. The molecule has 0 saturated carbocycles. The zero-order valence-electron chi connectivity index (χ0n) is 16.9. The Bertz CT molecular complexity index is 1010. The van der Waals surface area contributed by atoms with E-state index < -0.39 is 10.0 Å². The molecule has 1 atom stereocenters. The summed E-state index contributed by atoms with van der Waals surface area (Å²) in [4.78, 5) is 13.3. The van der Waals surface area contributed by atoms with Gasteiger partial charge in [0.25, 0.3) is 5.91 Å². The molecular formula is C23H28N2O3S. The average molecular weight is 413 g/mol. The predicted octanol–water partition coefficient (Wildman–Crippen LogP) is 3.98. The molecule has 1 aliphatic heterocycles. The second-order valence-electron chi connectivity index (χ2n) is 8.06. The highest BCUT2D eigenvalue weighted by atomic mass is 32.2. The minimum Gasteiger partial charge on any atom is -0.345 e. The molecule has 1 amide bonds. The minimum absolute atomic E-state index is 0.0331. The first kappa shape index (κ1) is 20.1. The van der Waals surface area contributed by atoms with Gasteiger partial charge in [-0.1, -0.05) is 36.8 Å². The lowest BCUT2D eigenvalue weighted by Gasteiger charge is -2.27. The molecule has 2 aromatic rings. The van der Waals surface area contributed by atoms with Gasteiger partial charge in [0.15, 0.2) is 0 Å². The number of carbonyl (C=O) groups is 1. The Balaban J connectivity index is 1.59. The molecule has 1 fully saturated rings. The largest absolute Gasteiger partial charge is 0.345 e. The van der Waals surface area contributed by atoms with Crippen molar-refractivity contribution in [2.24, 2.45) is 0 Å². The number of carbonyl (C=O) groups excluding carboxylic acids is 1. The maximum atomic E-state index is 13.1. The molecule has 29 heavy (non-hydrogen) atoms. The first-order chi connectivity index (χ1) is 14.0. The lowest BCUT2D eigenvalue weighted by atomic mass is 9.87. The molecule has 5 nitrogen and oxygen atoms in total. The first-order valence-corrected chi connectivity index (χ1v) is 11.9. The standard InChI is InChI=1S/C23H28N2O3S/c1-17-12-13-19(29(27,28)25-14-5-2-6-15-25)16-21(17)23(26)24-22-11-7-9-18-8-3-4-10-20(18)22/h3-4,8,10,12-13,16,22H,2,5-7,9,11,14-15H2,1H3,(H,24,26). The number of nitrogens with zero attached hydrogens (tertiary/aromatic N) is 1. The lowest BCUT2D eigenvalue weighted by molar-refractivity contribution is 0.0932. The van der Waals surface area contributed by atoms with Gasteiger partial charge in [-0.15, -0.1) is 0 Å². The number of nitrogens with one attached hydrogen (secondary N) is 1. The molecule has 0 aromatic heterocycles. The molecule has 2 aliphatic rings. The minimum atomic E-state index is -3.56. The van der Waals surface area contributed by atoms with E-state index in [0.29, 0.717) is 18.7 Å². The highest BCUT2D eigenvalue weighted by molar-refractivity contribution is 7.89. The number of amides is 1. The summed E-state index contributed by atoms with van der Waals surface area (Å²) in [6.07, 6.45) is 5.80. The van der Waals surface area contributed by atoms with Crippen LogP contribution < -0.4 is 5.32 Å². The van der Waals surface area contributed by atoms with E-state index in [1.54, 1.807) is 22.5 Å². The van der Waals surface area contributed by atoms with Crippen molar-refractivity contribution in [2.75, 3.05) is 13.1 Å². The lowest BCUT2D eigenvalue weighted by Crippen LogP contribution is -2.36. The SMILES string of the molecule is Cc1ccc(S(=O)(=O)N2CCCCC2)cc1C(=O)NC1CCCc2ccccc21. The second kappa shape index (κ2) is 8.28. The van der Waals surface area contributed by atoms with Crippen LogP contribution in [0.25, 0.3) is 0 Å². The van der Waals surface area contributed by atoms with Gasteiger partial charge < -0.3 is 5.32 Å². The van der Waals surface area contributed by atoms with Crippen molar-refractivity contribution in [2.45, 2.75) is 56.4 Å². The Morgan fingerprint density at radius 1 is 1.03 bits per heavy atom. The van der Waals surface area contributed by atoms with E-state index in [1.807, 2.05) is 19.1 Å². The van der Waals surface area contributed by atoms with Crippen LogP contribution in [0.3, 0.4) is 0 Å². The fourth-order valence-corrected chi connectivity index (χ4v) is 5.94. The molecule has 1 heterocycles. The van der Waals surface area contributed by atoms with Crippen molar-refractivity contribution in [1.82, 2.24) is 9.62 Å². The Morgan fingerprint density at radius 2 is 1.79 bits per heavy atom. The number of aryl methyl sites for hydroxylation is 2. The predicted molar refractivity (Wildman–Crippen MR) is 113 cm³/mol. The molecule has 154 valence electrons. The molecule has 1 unspecified atom stereocenters. The molecule has 1 N–H and O–H groups in total. The molecule has 6 heteroatoms. The van der Waals surface area contributed by atoms with E-state index >= 15 is 0 Å². The van der Waals surface area contributed by atoms with Crippen LogP contribution in [0.2, 0.25) is 0 Å². The van der Waals surface area contributed by atoms with Crippen LogP contribution in [0.15, 0.2) is 47.4 Å². The Kier molecular flexibility index (Phi) is 5.74. The van der Waals surface area contributed by atoms with Gasteiger partial charge in [0, 0.05) is 18.7 Å². The highest BCUT2D eigenvalue weighted by Gasteiger charge is 2.28. The second-order valence-corrected chi connectivity index (χ2v) is 10.00. The molecule has 0 spiro atoms.